The molecule has 0 unspecified atom stereocenters. The van der Waals surface area contributed by atoms with Crippen LogP contribution in [-0.2, 0) is 0 Å². The Hall–Kier alpha value is -1.59. The zero-order chi connectivity index (χ0) is 15.2. The fraction of sp³-hybridized carbons (Fsp3) is 0.562. The van der Waals surface area contributed by atoms with E-state index in [1.54, 1.807) is 0 Å². The monoisotopic (exact) mass is 291 g/mol. The maximum Gasteiger partial charge on any atom is 0.411 e. The van der Waals surface area contributed by atoms with Crippen molar-refractivity contribution in [1.82, 2.24) is 4.90 Å². The molecule has 0 saturated carbocycles. The number of likely N-dealkylation sites (tertiary alicyclic amines) is 1. The van der Waals surface area contributed by atoms with E-state index in [1.165, 1.54) is 4.90 Å². The lowest BCUT2D eigenvalue weighted by molar-refractivity contribution is 0.197. The number of rotatable bonds is 5. The molecule has 0 bridgehead atoms. The number of hydrogen-bond acceptors (Lipinski definition) is 3. The Bertz CT molecular complexity index is 470. The van der Waals surface area contributed by atoms with Crippen molar-refractivity contribution in [2.75, 3.05) is 31.1 Å². The standard InChI is InChI=1S/C16H25N3O2/c1-13-4-2-5-15(12-13)19(16(20)21)9-3-8-18-10-6-14(17)7-11-18/h2,4-5,12,14H,3,6-11,17H2,1H3,(H,20,21). The average Bonchev–Trinajstić information content (AvgIpc) is 2.45. The molecule has 1 aromatic carbocycles. The van der Waals surface area contributed by atoms with Gasteiger partial charge in [0.15, 0.2) is 0 Å². The molecule has 0 aliphatic carbocycles. The Labute approximate surface area is 126 Å². The van der Waals surface area contributed by atoms with Gasteiger partial charge in [0.1, 0.15) is 0 Å². The lowest BCUT2D eigenvalue weighted by Crippen LogP contribution is -2.41. The van der Waals surface area contributed by atoms with Crippen molar-refractivity contribution in [3.8, 4) is 0 Å². The molecular formula is C16H25N3O2. The first-order valence-electron chi connectivity index (χ1n) is 7.61. The largest absolute Gasteiger partial charge is 0.465 e. The molecule has 0 atom stereocenters. The quantitative estimate of drug-likeness (QED) is 0.873. The SMILES string of the molecule is Cc1cccc(N(CCCN2CCC(N)CC2)C(=O)O)c1. The van der Waals surface area contributed by atoms with Gasteiger partial charge in [0, 0.05) is 18.3 Å². The van der Waals surface area contributed by atoms with Crippen molar-refractivity contribution in [1.29, 1.82) is 0 Å². The molecule has 1 aromatic rings. The molecule has 0 aromatic heterocycles. The molecule has 3 N–H and O–H groups in total. The van der Waals surface area contributed by atoms with Crippen LogP contribution in [-0.4, -0.2) is 48.3 Å². The van der Waals surface area contributed by atoms with Gasteiger partial charge in [-0.2, -0.15) is 0 Å². The summed E-state index contributed by atoms with van der Waals surface area (Å²) in [6.07, 6.45) is 2.04. The zero-order valence-corrected chi connectivity index (χ0v) is 12.7. The summed E-state index contributed by atoms with van der Waals surface area (Å²) in [5.74, 6) is 0. The molecule has 0 radical (unpaired) electrons. The van der Waals surface area contributed by atoms with Crippen LogP contribution in [0.5, 0.6) is 0 Å². The number of anilines is 1. The van der Waals surface area contributed by atoms with E-state index in [9.17, 15) is 9.90 Å². The zero-order valence-electron chi connectivity index (χ0n) is 12.7. The van der Waals surface area contributed by atoms with Crippen LogP contribution in [0.1, 0.15) is 24.8 Å². The Kier molecular flexibility index (Phi) is 5.59. The number of carboxylic acid groups (broad SMARTS) is 1. The molecule has 1 heterocycles. The third kappa shape index (κ3) is 4.72. The van der Waals surface area contributed by atoms with E-state index in [0.717, 1.165) is 50.1 Å². The minimum atomic E-state index is -0.888. The highest BCUT2D eigenvalue weighted by Crippen LogP contribution is 2.17. The number of nitrogens with zero attached hydrogens (tertiary/aromatic N) is 2. The van der Waals surface area contributed by atoms with Crippen LogP contribution in [0.15, 0.2) is 24.3 Å². The van der Waals surface area contributed by atoms with Crippen molar-refractivity contribution in [3.05, 3.63) is 29.8 Å². The van der Waals surface area contributed by atoms with Crippen LogP contribution in [0.4, 0.5) is 10.5 Å². The summed E-state index contributed by atoms with van der Waals surface area (Å²) in [4.78, 5) is 15.2. The van der Waals surface area contributed by atoms with E-state index in [1.807, 2.05) is 31.2 Å². The first kappa shape index (κ1) is 15.8. The normalized spacial score (nSPS) is 16.9. The van der Waals surface area contributed by atoms with Crippen molar-refractivity contribution in [2.45, 2.75) is 32.2 Å². The second kappa shape index (κ2) is 7.43. The van der Waals surface area contributed by atoms with Gasteiger partial charge in [-0.1, -0.05) is 12.1 Å². The van der Waals surface area contributed by atoms with E-state index in [-0.39, 0.29) is 0 Å². The summed E-state index contributed by atoms with van der Waals surface area (Å²) < 4.78 is 0. The number of piperidine rings is 1. The maximum atomic E-state index is 11.4. The van der Waals surface area contributed by atoms with Crippen LogP contribution in [0, 0.1) is 6.92 Å². The summed E-state index contributed by atoms with van der Waals surface area (Å²) in [7, 11) is 0. The molecule has 1 amide bonds. The lowest BCUT2D eigenvalue weighted by Gasteiger charge is -2.30. The minimum absolute atomic E-state index is 0.337. The fourth-order valence-electron chi connectivity index (χ4n) is 2.76. The van der Waals surface area contributed by atoms with Gasteiger partial charge < -0.3 is 15.7 Å². The van der Waals surface area contributed by atoms with Crippen LogP contribution >= 0.6 is 0 Å². The van der Waals surface area contributed by atoms with Gasteiger partial charge in [-0.15, -0.1) is 0 Å². The predicted octanol–water partition coefficient (Wildman–Crippen LogP) is 2.29. The summed E-state index contributed by atoms with van der Waals surface area (Å²) in [6.45, 7) is 5.49. The van der Waals surface area contributed by atoms with Crippen molar-refractivity contribution >= 4 is 11.8 Å². The molecule has 5 heteroatoms. The van der Waals surface area contributed by atoms with E-state index in [4.69, 9.17) is 5.73 Å². The Morgan fingerprint density at radius 3 is 2.76 bits per heavy atom. The molecule has 1 aliphatic heterocycles. The van der Waals surface area contributed by atoms with Crippen LogP contribution in [0.3, 0.4) is 0 Å². The molecule has 2 rings (SSSR count). The number of carbonyl (C=O) groups is 1. The molecule has 5 nitrogen and oxygen atoms in total. The molecule has 21 heavy (non-hydrogen) atoms. The van der Waals surface area contributed by atoms with Gasteiger partial charge in [-0.25, -0.2) is 4.79 Å². The molecule has 1 fully saturated rings. The van der Waals surface area contributed by atoms with Crippen molar-refractivity contribution in [3.63, 3.8) is 0 Å². The van der Waals surface area contributed by atoms with Gasteiger partial charge in [0.05, 0.1) is 0 Å². The molecule has 0 spiro atoms. The molecule has 1 aliphatic rings. The van der Waals surface area contributed by atoms with Crippen molar-refractivity contribution in [2.24, 2.45) is 5.73 Å². The number of benzene rings is 1. The van der Waals surface area contributed by atoms with Gasteiger partial charge in [0.25, 0.3) is 0 Å². The Morgan fingerprint density at radius 2 is 2.14 bits per heavy atom. The van der Waals surface area contributed by atoms with Gasteiger partial charge in [-0.3, -0.25) is 4.90 Å². The smallest absolute Gasteiger partial charge is 0.411 e. The van der Waals surface area contributed by atoms with Gasteiger partial charge >= 0.3 is 6.09 Å². The molecular weight excluding hydrogens is 266 g/mol. The maximum absolute atomic E-state index is 11.4. The van der Waals surface area contributed by atoms with E-state index in [2.05, 4.69) is 4.90 Å². The van der Waals surface area contributed by atoms with Crippen LogP contribution in [0.2, 0.25) is 0 Å². The summed E-state index contributed by atoms with van der Waals surface area (Å²) in [5.41, 5.74) is 7.72. The molecule has 116 valence electrons. The summed E-state index contributed by atoms with van der Waals surface area (Å²) in [5, 5.41) is 9.39. The van der Waals surface area contributed by atoms with E-state index < -0.39 is 6.09 Å². The fourth-order valence-corrected chi connectivity index (χ4v) is 2.76. The predicted molar refractivity (Wildman–Crippen MR) is 84.8 cm³/mol. The van der Waals surface area contributed by atoms with Gasteiger partial charge in [0.2, 0.25) is 0 Å². The van der Waals surface area contributed by atoms with Gasteiger partial charge in [-0.05, 0) is 63.5 Å². The number of amides is 1. The lowest BCUT2D eigenvalue weighted by atomic mass is 10.1. The number of aryl methyl sites for hydroxylation is 1. The van der Waals surface area contributed by atoms with Crippen molar-refractivity contribution < 1.29 is 9.90 Å². The highest BCUT2D eigenvalue weighted by atomic mass is 16.4. The highest BCUT2D eigenvalue weighted by molar-refractivity contribution is 5.86. The third-order valence-corrected chi connectivity index (χ3v) is 4.03. The minimum Gasteiger partial charge on any atom is -0.465 e. The average molecular weight is 291 g/mol. The summed E-state index contributed by atoms with van der Waals surface area (Å²) >= 11 is 0. The topological polar surface area (TPSA) is 69.8 Å². The van der Waals surface area contributed by atoms with E-state index in [0.29, 0.717) is 12.6 Å². The summed E-state index contributed by atoms with van der Waals surface area (Å²) in [6, 6.07) is 7.96. The first-order chi connectivity index (χ1) is 10.1. The second-order valence-electron chi connectivity index (χ2n) is 5.81. The van der Waals surface area contributed by atoms with Crippen LogP contribution in [0.25, 0.3) is 0 Å². The highest BCUT2D eigenvalue weighted by Gasteiger charge is 2.17. The Balaban J connectivity index is 1.85. The number of hydrogen-bond donors (Lipinski definition) is 2. The first-order valence-corrected chi connectivity index (χ1v) is 7.61. The van der Waals surface area contributed by atoms with E-state index >= 15 is 0 Å². The third-order valence-electron chi connectivity index (χ3n) is 4.03. The van der Waals surface area contributed by atoms with Crippen LogP contribution < -0.4 is 10.6 Å². The molecule has 1 saturated heterocycles. The Morgan fingerprint density at radius 1 is 1.43 bits per heavy atom. The second-order valence-corrected chi connectivity index (χ2v) is 5.81. The number of nitrogens with two attached hydrogens (primary N) is 1.